The van der Waals surface area contributed by atoms with Crippen molar-refractivity contribution in [3.63, 3.8) is 0 Å². The smallest absolute Gasteiger partial charge is 0.239 e. The molecule has 1 heterocycles. The van der Waals surface area contributed by atoms with Crippen LogP contribution in [0.3, 0.4) is 0 Å². The minimum Gasteiger partial charge on any atom is -0.352 e. The first-order valence-electron chi connectivity index (χ1n) is 8.46. The van der Waals surface area contributed by atoms with Crippen molar-refractivity contribution in [2.24, 2.45) is 0 Å². The van der Waals surface area contributed by atoms with Crippen molar-refractivity contribution < 1.29 is 9.59 Å². The SMILES string of the molecule is Cc1nnc(SCC(=O)N(C)CC(=O)NC(C)C)n1Cc1ccccc1. The van der Waals surface area contributed by atoms with E-state index in [0.29, 0.717) is 11.7 Å². The lowest BCUT2D eigenvalue weighted by molar-refractivity contribution is -0.132. The fraction of sp³-hybridized carbons (Fsp3) is 0.444. The van der Waals surface area contributed by atoms with Gasteiger partial charge >= 0.3 is 0 Å². The van der Waals surface area contributed by atoms with E-state index < -0.39 is 0 Å². The van der Waals surface area contributed by atoms with E-state index >= 15 is 0 Å². The van der Waals surface area contributed by atoms with Crippen LogP contribution in [0.15, 0.2) is 35.5 Å². The van der Waals surface area contributed by atoms with Gasteiger partial charge in [-0.3, -0.25) is 9.59 Å². The van der Waals surface area contributed by atoms with Gasteiger partial charge in [0.2, 0.25) is 11.8 Å². The minimum atomic E-state index is -0.163. The molecule has 2 aromatic rings. The first kappa shape index (κ1) is 20.0. The lowest BCUT2D eigenvalue weighted by atomic mass is 10.2. The molecule has 0 unspecified atom stereocenters. The van der Waals surface area contributed by atoms with Gasteiger partial charge in [-0.15, -0.1) is 10.2 Å². The third-order valence-corrected chi connectivity index (χ3v) is 4.62. The number of thioether (sulfide) groups is 1. The highest BCUT2D eigenvalue weighted by atomic mass is 32.2. The van der Waals surface area contributed by atoms with E-state index in [2.05, 4.69) is 15.5 Å². The maximum absolute atomic E-state index is 12.3. The van der Waals surface area contributed by atoms with Crippen LogP contribution >= 0.6 is 11.8 Å². The summed E-state index contributed by atoms with van der Waals surface area (Å²) in [4.78, 5) is 25.5. The van der Waals surface area contributed by atoms with Crippen LogP contribution in [0.1, 0.15) is 25.2 Å². The number of hydrogen-bond acceptors (Lipinski definition) is 5. The van der Waals surface area contributed by atoms with E-state index in [1.165, 1.54) is 16.7 Å². The molecule has 7 nitrogen and oxygen atoms in total. The van der Waals surface area contributed by atoms with Gasteiger partial charge in [-0.2, -0.15) is 0 Å². The molecule has 0 saturated carbocycles. The Hall–Kier alpha value is -2.35. The van der Waals surface area contributed by atoms with E-state index in [4.69, 9.17) is 0 Å². The van der Waals surface area contributed by atoms with Gasteiger partial charge in [0.15, 0.2) is 5.16 Å². The number of carbonyl (C=O) groups excluding carboxylic acids is 2. The molecule has 1 N–H and O–H groups in total. The van der Waals surface area contributed by atoms with Crippen LogP contribution < -0.4 is 5.32 Å². The first-order chi connectivity index (χ1) is 12.4. The molecule has 0 saturated heterocycles. The summed E-state index contributed by atoms with van der Waals surface area (Å²) in [6.45, 7) is 6.37. The van der Waals surface area contributed by atoms with E-state index in [-0.39, 0.29) is 30.2 Å². The number of aryl methyl sites for hydroxylation is 1. The third kappa shape index (κ3) is 5.87. The Bertz CT molecular complexity index is 745. The van der Waals surface area contributed by atoms with E-state index in [0.717, 1.165) is 11.4 Å². The van der Waals surface area contributed by atoms with Crippen molar-refractivity contribution in [3.8, 4) is 0 Å². The molecule has 2 rings (SSSR count). The molecule has 2 amide bonds. The molecule has 0 spiro atoms. The molecule has 0 radical (unpaired) electrons. The van der Waals surface area contributed by atoms with Crippen molar-refractivity contribution in [2.75, 3.05) is 19.3 Å². The molecular formula is C18H25N5O2S. The van der Waals surface area contributed by atoms with Gasteiger partial charge in [-0.05, 0) is 26.3 Å². The van der Waals surface area contributed by atoms with Crippen LogP contribution in [0, 0.1) is 6.92 Å². The van der Waals surface area contributed by atoms with Crippen molar-refractivity contribution in [1.29, 1.82) is 0 Å². The van der Waals surface area contributed by atoms with Gasteiger partial charge in [0.05, 0.1) is 18.8 Å². The van der Waals surface area contributed by atoms with Crippen molar-refractivity contribution >= 4 is 23.6 Å². The number of benzene rings is 1. The second-order valence-corrected chi connectivity index (χ2v) is 7.30. The largest absolute Gasteiger partial charge is 0.352 e. The predicted molar refractivity (Wildman–Crippen MR) is 102 cm³/mol. The van der Waals surface area contributed by atoms with Crippen molar-refractivity contribution in [3.05, 3.63) is 41.7 Å². The highest BCUT2D eigenvalue weighted by molar-refractivity contribution is 7.99. The van der Waals surface area contributed by atoms with Gasteiger partial charge in [-0.25, -0.2) is 0 Å². The Labute approximate surface area is 158 Å². The summed E-state index contributed by atoms with van der Waals surface area (Å²) in [7, 11) is 1.63. The summed E-state index contributed by atoms with van der Waals surface area (Å²) in [5.41, 5.74) is 1.14. The zero-order valence-corrected chi connectivity index (χ0v) is 16.4. The lowest BCUT2D eigenvalue weighted by Gasteiger charge is -2.17. The number of nitrogens with one attached hydrogen (secondary N) is 1. The van der Waals surface area contributed by atoms with E-state index in [1.54, 1.807) is 7.05 Å². The summed E-state index contributed by atoms with van der Waals surface area (Å²) in [6, 6.07) is 10.1. The van der Waals surface area contributed by atoms with Crippen LogP contribution in [0.5, 0.6) is 0 Å². The number of hydrogen-bond donors (Lipinski definition) is 1. The number of likely N-dealkylation sites (N-methyl/N-ethyl adjacent to an activating group) is 1. The zero-order valence-electron chi connectivity index (χ0n) is 15.6. The van der Waals surface area contributed by atoms with Crippen LogP contribution in [0.25, 0.3) is 0 Å². The summed E-state index contributed by atoms with van der Waals surface area (Å²) < 4.78 is 1.98. The van der Waals surface area contributed by atoms with Crippen LogP contribution in [-0.4, -0.2) is 56.9 Å². The highest BCUT2D eigenvalue weighted by Gasteiger charge is 2.16. The van der Waals surface area contributed by atoms with Gasteiger partial charge in [0, 0.05) is 13.1 Å². The molecule has 0 aliphatic carbocycles. The molecule has 0 bridgehead atoms. The Kier molecular flexibility index (Phi) is 7.20. The summed E-state index contributed by atoms with van der Waals surface area (Å²) >= 11 is 1.33. The normalized spacial score (nSPS) is 10.8. The number of rotatable bonds is 8. The van der Waals surface area contributed by atoms with Crippen LogP contribution in [-0.2, 0) is 16.1 Å². The maximum Gasteiger partial charge on any atom is 0.239 e. The lowest BCUT2D eigenvalue weighted by Crippen LogP contribution is -2.41. The molecule has 0 atom stereocenters. The molecule has 1 aromatic heterocycles. The second kappa shape index (κ2) is 9.38. The minimum absolute atomic E-state index is 0.0489. The second-order valence-electron chi connectivity index (χ2n) is 6.36. The zero-order chi connectivity index (χ0) is 19.1. The monoisotopic (exact) mass is 375 g/mol. The fourth-order valence-corrected chi connectivity index (χ4v) is 3.25. The van der Waals surface area contributed by atoms with Crippen molar-refractivity contribution in [2.45, 2.75) is 38.5 Å². The van der Waals surface area contributed by atoms with Gasteiger partial charge < -0.3 is 14.8 Å². The van der Waals surface area contributed by atoms with E-state index in [1.807, 2.05) is 55.7 Å². The average Bonchev–Trinajstić information content (AvgIpc) is 2.93. The Morgan fingerprint density at radius 1 is 1.23 bits per heavy atom. The highest BCUT2D eigenvalue weighted by Crippen LogP contribution is 2.18. The quantitative estimate of drug-likeness (QED) is 0.711. The Morgan fingerprint density at radius 3 is 2.58 bits per heavy atom. The van der Waals surface area contributed by atoms with E-state index in [9.17, 15) is 9.59 Å². The molecule has 8 heteroatoms. The molecule has 26 heavy (non-hydrogen) atoms. The standard InChI is InChI=1S/C18H25N5O2S/c1-13(2)19-16(24)11-22(4)17(25)12-26-18-21-20-14(3)23(18)10-15-8-6-5-7-9-15/h5-9,13H,10-12H2,1-4H3,(H,19,24). The fourth-order valence-electron chi connectivity index (χ4n) is 2.32. The van der Waals surface area contributed by atoms with Crippen LogP contribution in [0.2, 0.25) is 0 Å². The first-order valence-corrected chi connectivity index (χ1v) is 9.45. The van der Waals surface area contributed by atoms with Gasteiger partial charge in [-0.1, -0.05) is 42.1 Å². The van der Waals surface area contributed by atoms with Gasteiger partial charge in [0.1, 0.15) is 5.82 Å². The number of nitrogens with zero attached hydrogens (tertiary/aromatic N) is 4. The maximum atomic E-state index is 12.3. The molecule has 1 aromatic carbocycles. The van der Waals surface area contributed by atoms with Gasteiger partial charge in [0.25, 0.3) is 0 Å². The molecule has 140 valence electrons. The number of amides is 2. The van der Waals surface area contributed by atoms with Crippen LogP contribution in [0.4, 0.5) is 0 Å². The summed E-state index contributed by atoms with van der Waals surface area (Å²) in [5.74, 6) is 0.719. The topological polar surface area (TPSA) is 80.1 Å². The molecule has 0 fully saturated rings. The number of carbonyl (C=O) groups is 2. The Balaban J connectivity index is 1.93. The molecular weight excluding hydrogens is 350 g/mol. The predicted octanol–water partition coefficient (Wildman–Crippen LogP) is 1.71. The molecule has 0 aliphatic heterocycles. The summed E-state index contributed by atoms with van der Waals surface area (Å²) in [6.07, 6.45) is 0. The number of aromatic nitrogens is 3. The summed E-state index contributed by atoms with van der Waals surface area (Å²) in [5, 5.41) is 11.8. The third-order valence-electron chi connectivity index (χ3n) is 3.67. The average molecular weight is 375 g/mol. The van der Waals surface area contributed by atoms with Crippen molar-refractivity contribution in [1.82, 2.24) is 25.0 Å². The Morgan fingerprint density at radius 2 is 1.92 bits per heavy atom. The molecule has 0 aliphatic rings.